The van der Waals surface area contributed by atoms with Crippen LogP contribution in [-0.2, 0) is 13.5 Å². The summed E-state index contributed by atoms with van der Waals surface area (Å²) >= 11 is 6.22. The summed E-state index contributed by atoms with van der Waals surface area (Å²) in [5.41, 5.74) is 3.51. The Kier molecular flexibility index (Phi) is 3.51. The third kappa shape index (κ3) is 2.57. The van der Waals surface area contributed by atoms with E-state index >= 15 is 0 Å². The van der Waals surface area contributed by atoms with Crippen molar-refractivity contribution in [2.24, 2.45) is 7.05 Å². The normalized spacial score (nSPS) is 13.0. The van der Waals surface area contributed by atoms with Gasteiger partial charge in [-0.1, -0.05) is 23.2 Å². The van der Waals surface area contributed by atoms with E-state index < -0.39 is 6.10 Å². The number of furan rings is 1. The number of aliphatic hydroxyl groups is 1. The van der Waals surface area contributed by atoms with Gasteiger partial charge in [-0.15, -0.1) is 0 Å². The van der Waals surface area contributed by atoms with Crippen LogP contribution in [0.3, 0.4) is 0 Å². The second-order valence-corrected chi connectivity index (χ2v) is 5.76. The van der Waals surface area contributed by atoms with Gasteiger partial charge in [-0.2, -0.15) is 5.10 Å². The number of benzene rings is 1. The molecule has 110 valence electrons. The largest absolute Gasteiger partial charge is 0.458 e. The third-order valence-electron chi connectivity index (χ3n) is 3.67. The lowest BCUT2D eigenvalue weighted by molar-refractivity contribution is 0.150. The summed E-state index contributed by atoms with van der Waals surface area (Å²) in [5, 5.41) is 16.3. The fourth-order valence-electron chi connectivity index (χ4n) is 2.53. The molecule has 0 radical (unpaired) electrons. The molecule has 2 heterocycles. The molecule has 3 aromatic rings. The number of aliphatic hydroxyl groups excluding tert-OH is 1. The number of nitrogens with zero attached hydrogens (tertiary/aromatic N) is 2. The van der Waals surface area contributed by atoms with Gasteiger partial charge in [0.15, 0.2) is 0 Å². The molecule has 1 N–H and O–H groups in total. The van der Waals surface area contributed by atoms with Crippen LogP contribution in [0, 0.1) is 13.8 Å². The smallest absolute Gasteiger partial charge is 0.134 e. The minimum atomic E-state index is -0.745. The van der Waals surface area contributed by atoms with Crippen molar-refractivity contribution in [2.75, 3.05) is 0 Å². The van der Waals surface area contributed by atoms with Crippen LogP contribution in [0.25, 0.3) is 11.0 Å². The Balaban J connectivity index is 1.91. The number of hydrogen-bond acceptors (Lipinski definition) is 3. The maximum Gasteiger partial charge on any atom is 0.134 e. The first-order valence-corrected chi connectivity index (χ1v) is 7.19. The Morgan fingerprint density at radius 3 is 2.76 bits per heavy atom. The maximum absolute atomic E-state index is 10.4. The van der Waals surface area contributed by atoms with Crippen LogP contribution in [0.4, 0.5) is 0 Å². The highest BCUT2D eigenvalue weighted by atomic mass is 35.5. The Hall–Kier alpha value is -1.78. The molecular weight excluding hydrogens is 288 g/mol. The summed E-state index contributed by atoms with van der Waals surface area (Å²) < 4.78 is 7.42. The van der Waals surface area contributed by atoms with Crippen molar-refractivity contribution in [2.45, 2.75) is 26.4 Å². The van der Waals surface area contributed by atoms with Gasteiger partial charge in [-0.3, -0.25) is 4.68 Å². The van der Waals surface area contributed by atoms with Crippen molar-refractivity contribution in [3.63, 3.8) is 0 Å². The third-order valence-corrected chi connectivity index (χ3v) is 4.16. The molecular formula is C16H17ClN2O2. The maximum atomic E-state index is 10.4. The zero-order chi connectivity index (χ0) is 15.1. The molecule has 0 saturated heterocycles. The quantitative estimate of drug-likeness (QED) is 0.802. The topological polar surface area (TPSA) is 51.2 Å². The van der Waals surface area contributed by atoms with E-state index in [0.717, 1.165) is 27.9 Å². The summed E-state index contributed by atoms with van der Waals surface area (Å²) in [4.78, 5) is 0. The molecule has 0 amide bonds. The number of rotatable bonds is 3. The molecule has 21 heavy (non-hydrogen) atoms. The van der Waals surface area contributed by atoms with Crippen LogP contribution >= 0.6 is 11.6 Å². The Labute approximate surface area is 127 Å². The zero-order valence-electron chi connectivity index (χ0n) is 12.2. The standard InChI is InChI=1S/C16H17ClN2O2/c1-9-4-5-14-11(6-9)7-15(21-14)13(20)8-12-16(17)10(2)18-19(12)3/h4-7,13,20H,8H2,1-3H3. The molecule has 0 aliphatic heterocycles. The minimum absolute atomic E-state index is 0.370. The van der Waals surface area contributed by atoms with Crippen molar-refractivity contribution >= 4 is 22.6 Å². The lowest BCUT2D eigenvalue weighted by Gasteiger charge is -2.08. The lowest BCUT2D eigenvalue weighted by atomic mass is 10.1. The number of hydrogen-bond donors (Lipinski definition) is 1. The van der Waals surface area contributed by atoms with Crippen LogP contribution in [0.1, 0.15) is 28.8 Å². The van der Waals surface area contributed by atoms with Crippen LogP contribution in [0.15, 0.2) is 28.7 Å². The first-order valence-electron chi connectivity index (χ1n) is 6.82. The number of aryl methyl sites for hydroxylation is 3. The van der Waals surface area contributed by atoms with Gasteiger partial charge in [0.05, 0.1) is 16.4 Å². The SMILES string of the molecule is Cc1ccc2oc(C(O)Cc3c(Cl)c(C)nn3C)cc2c1. The highest BCUT2D eigenvalue weighted by molar-refractivity contribution is 6.31. The fraction of sp³-hybridized carbons (Fsp3) is 0.312. The van der Waals surface area contributed by atoms with Crippen molar-refractivity contribution in [3.8, 4) is 0 Å². The average molecular weight is 305 g/mol. The van der Waals surface area contributed by atoms with Crippen LogP contribution in [0.5, 0.6) is 0 Å². The Morgan fingerprint density at radius 1 is 1.33 bits per heavy atom. The first-order chi connectivity index (χ1) is 9.95. The molecule has 1 aromatic carbocycles. The van der Waals surface area contributed by atoms with Gasteiger partial charge in [-0.25, -0.2) is 0 Å². The molecule has 5 heteroatoms. The van der Waals surface area contributed by atoms with Crippen molar-refractivity contribution < 1.29 is 9.52 Å². The predicted molar refractivity (Wildman–Crippen MR) is 82.6 cm³/mol. The summed E-state index contributed by atoms with van der Waals surface area (Å²) in [6.45, 7) is 3.88. The number of fused-ring (bicyclic) bond motifs is 1. The van der Waals surface area contributed by atoms with E-state index in [1.54, 1.807) is 4.68 Å². The van der Waals surface area contributed by atoms with E-state index in [1.165, 1.54) is 0 Å². The molecule has 0 saturated carbocycles. The van der Waals surface area contributed by atoms with Gasteiger partial charge in [0.25, 0.3) is 0 Å². The molecule has 4 nitrogen and oxygen atoms in total. The monoisotopic (exact) mass is 304 g/mol. The highest BCUT2D eigenvalue weighted by Crippen LogP contribution is 2.29. The molecule has 0 aliphatic rings. The summed E-state index contributed by atoms with van der Waals surface area (Å²) in [5.74, 6) is 0.547. The highest BCUT2D eigenvalue weighted by Gasteiger charge is 2.19. The predicted octanol–water partition coefficient (Wildman–Crippen LogP) is 3.71. The van der Waals surface area contributed by atoms with Crippen LogP contribution < -0.4 is 0 Å². The van der Waals surface area contributed by atoms with Gasteiger partial charge in [0.2, 0.25) is 0 Å². The van der Waals surface area contributed by atoms with E-state index in [-0.39, 0.29) is 0 Å². The second kappa shape index (κ2) is 5.20. The van der Waals surface area contributed by atoms with Crippen LogP contribution in [0.2, 0.25) is 5.02 Å². The van der Waals surface area contributed by atoms with Gasteiger partial charge in [-0.05, 0) is 32.0 Å². The summed E-state index contributed by atoms with van der Waals surface area (Å²) in [6, 6.07) is 7.83. The molecule has 1 atom stereocenters. The van der Waals surface area contributed by atoms with E-state index in [1.807, 2.05) is 45.2 Å². The number of aromatic nitrogens is 2. The number of halogens is 1. The van der Waals surface area contributed by atoms with Gasteiger partial charge in [0.1, 0.15) is 17.4 Å². The molecule has 3 rings (SSSR count). The zero-order valence-corrected chi connectivity index (χ0v) is 13.0. The van der Waals surface area contributed by atoms with E-state index in [2.05, 4.69) is 5.10 Å². The van der Waals surface area contributed by atoms with Crippen LogP contribution in [-0.4, -0.2) is 14.9 Å². The molecule has 1 unspecified atom stereocenters. The first kappa shape index (κ1) is 14.2. The molecule has 0 fully saturated rings. The molecule has 0 bridgehead atoms. The Morgan fingerprint density at radius 2 is 2.10 bits per heavy atom. The lowest BCUT2D eigenvalue weighted by Crippen LogP contribution is -2.06. The molecule has 0 spiro atoms. The van der Waals surface area contributed by atoms with Crippen molar-refractivity contribution in [1.29, 1.82) is 0 Å². The summed E-state index contributed by atoms with van der Waals surface area (Å²) in [6.07, 6.45) is -0.375. The second-order valence-electron chi connectivity index (χ2n) is 5.38. The van der Waals surface area contributed by atoms with E-state index in [0.29, 0.717) is 17.2 Å². The van der Waals surface area contributed by atoms with Crippen molar-refractivity contribution in [3.05, 3.63) is 52.0 Å². The van der Waals surface area contributed by atoms with E-state index in [4.69, 9.17) is 16.0 Å². The fourth-order valence-corrected chi connectivity index (χ4v) is 2.77. The minimum Gasteiger partial charge on any atom is -0.458 e. The molecule has 0 aliphatic carbocycles. The van der Waals surface area contributed by atoms with E-state index in [9.17, 15) is 5.11 Å². The summed E-state index contributed by atoms with van der Waals surface area (Å²) in [7, 11) is 1.82. The van der Waals surface area contributed by atoms with Gasteiger partial charge in [0, 0.05) is 18.9 Å². The van der Waals surface area contributed by atoms with Gasteiger partial charge >= 0.3 is 0 Å². The van der Waals surface area contributed by atoms with Crippen molar-refractivity contribution in [1.82, 2.24) is 9.78 Å². The molecule has 2 aromatic heterocycles. The van der Waals surface area contributed by atoms with Gasteiger partial charge < -0.3 is 9.52 Å². The Bertz CT molecular complexity index is 804. The average Bonchev–Trinajstić information content (AvgIpc) is 2.95.